The molecule has 0 aliphatic heterocycles. The van der Waals surface area contributed by atoms with E-state index in [9.17, 15) is 0 Å². The van der Waals surface area contributed by atoms with Crippen LogP contribution in [0.5, 0.6) is 0 Å². The summed E-state index contributed by atoms with van der Waals surface area (Å²) in [4.78, 5) is 2.53. The molecule has 6 aromatic carbocycles. The fraction of sp³-hybridized carbons (Fsp3) is 0.214. The molecule has 0 saturated heterocycles. The first-order valence-electron chi connectivity index (χ1n) is 21.3. The lowest BCUT2D eigenvalue weighted by atomic mass is 9.63. The molecule has 276 valence electrons. The molecule has 3 atom stereocenters. The van der Waals surface area contributed by atoms with Gasteiger partial charge in [0.15, 0.2) is 0 Å². The van der Waals surface area contributed by atoms with E-state index in [1.807, 2.05) is 0 Å². The first-order valence-corrected chi connectivity index (χ1v) is 21.3. The molecule has 57 heavy (non-hydrogen) atoms. The molecular formula is C56H47N. The number of fused-ring (bicyclic) bond motifs is 14. The number of hydrogen-bond acceptors (Lipinski definition) is 1. The van der Waals surface area contributed by atoms with Gasteiger partial charge in [0.05, 0.1) is 5.41 Å². The zero-order valence-corrected chi connectivity index (χ0v) is 32.9. The van der Waals surface area contributed by atoms with Gasteiger partial charge in [0.2, 0.25) is 0 Å². The van der Waals surface area contributed by atoms with Crippen LogP contribution >= 0.6 is 0 Å². The summed E-state index contributed by atoms with van der Waals surface area (Å²) in [7, 11) is 0. The molecule has 0 amide bonds. The van der Waals surface area contributed by atoms with Crippen molar-refractivity contribution in [1.82, 2.24) is 0 Å². The van der Waals surface area contributed by atoms with Crippen molar-refractivity contribution in [1.29, 1.82) is 0 Å². The van der Waals surface area contributed by atoms with Crippen molar-refractivity contribution in [3.63, 3.8) is 0 Å². The summed E-state index contributed by atoms with van der Waals surface area (Å²) in [6.45, 7) is 4.87. The van der Waals surface area contributed by atoms with Crippen LogP contribution in [-0.4, -0.2) is 0 Å². The topological polar surface area (TPSA) is 3.24 Å². The van der Waals surface area contributed by atoms with Crippen molar-refractivity contribution in [3.05, 3.63) is 208 Å². The summed E-state index contributed by atoms with van der Waals surface area (Å²) in [5.74, 6) is 0.924. The van der Waals surface area contributed by atoms with E-state index >= 15 is 0 Å². The molecule has 3 unspecified atom stereocenters. The van der Waals surface area contributed by atoms with Crippen LogP contribution in [0.25, 0.3) is 33.9 Å². The minimum absolute atomic E-state index is 0.0101. The second kappa shape index (κ2) is 12.3. The Bertz CT molecular complexity index is 2770. The number of hydrogen-bond donors (Lipinski definition) is 0. The molecule has 0 fully saturated rings. The molecule has 0 saturated carbocycles. The Hall–Kier alpha value is -5.92. The SMILES string of the molecule is CC1(C)C2=C(C=CCC2)c2ccc(N(c3ccc(-c4ccccc4)cc3)c3ccc4c(c3)-c3c(ccc5c3C=CCC5)C43c4ccccc4C4C=CCCC43)cc21. The third-order valence-corrected chi connectivity index (χ3v) is 14.7. The predicted octanol–water partition coefficient (Wildman–Crippen LogP) is 14.6. The van der Waals surface area contributed by atoms with E-state index in [2.05, 4.69) is 183 Å². The van der Waals surface area contributed by atoms with Gasteiger partial charge in [-0.2, -0.15) is 0 Å². The molecule has 6 aromatic rings. The molecular weight excluding hydrogens is 687 g/mol. The highest BCUT2D eigenvalue weighted by Crippen LogP contribution is 2.67. The maximum atomic E-state index is 2.57. The second-order valence-electron chi connectivity index (χ2n) is 17.7. The molecule has 0 bridgehead atoms. The van der Waals surface area contributed by atoms with Crippen molar-refractivity contribution >= 4 is 28.7 Å². The monoisotopic (exact) mass is 733 g/mol. The molecule has 12 rings (SSSR count). The lowest BCUT2D eigenvalue weighted by Gasteiger charge is -2.38. The van der Waals surface area contributed by atoms with Gasteiger partial charge in [0.1, 0.15) is 0 Å². The van der Waals surface area contributed by atoms with Crippen molar-refractivity contribution in [2.45, 2.75) is 69.1 Å². The number of anilines is 3. The van der Waals surface area contributed by atoms with Gasteiger partial charge >= 0.3 is 0 Å². The molecule has 0 aromatic heterocycles. The Morgan fingerprint density at radius 2 is 1.30 bits per heavy atom. The lowest BCUT2D eigenvalue weighted by Crippen LogP contribution is -2.34. The number of nitrogens with zero attached hydrogens (tertiary/aromatic N) is 1. The van der Waals surface area contributed by atoms with Crippen LogP contribution in [0.15, 0.2) is 163 Å². The van der Waals surface area contributed by atoms with E-state index in [1.165, 1.54) is 95.8 Å². The van der Waals surface area contributed by atoms with Gasteiger partial charge in [-0.05, 0) is 153 Å². The first-order chi connectivity index (χ1) is 28.0. The van der Waals surface area contributed by atoms with E-state index in [-0.39, 0.29) is 10.8 Å². The van der Waals surface area contributed by atoms with Crippen molar-refractivity contribution in [3.8, 4) is 22.3 Å². The fourth-order valence-electron chi connectivity index (χ4n) is 12.2. The Morgan fingerprint density at radius 3 is 2.19 bits per heavy atom. The molecule has 6 aliphatic rings. The highest BCUT2D eigenvalue weighted by molar-refractivity contribution is 5.95. The van der Waals surface area contributed by atoms with Gasteiger partial charge in [-0.25, -0.2) is 0 Å². The average molecular weight is 734 g/mol. The van der Waals surface area contributed by atoms with Crippen LogP contribution in [-0.2, 0) is 17.3 Å². The van der Waals surface area contributed by atoms with Gasteiger partial charge in [0, 0.05) is 28.4 Å². The number of benzene rings is 6. The maximum absolute atomic E-state index is 2.57. The standard InChI is InChI=1S/C56H47N/c1-55(2)48-21-11-8-18-43(48)46-31-29-41(35-53(46)55)57(39-27-24-37(25-28-39)36-14-4-3-5-15-36)40-30-33-51-47(34-40)54-42-17-7-6-16-38(42)26-32-52(54)56(51)49-22-12-9-19-44(49)45-20-10-13-23-50(45)56/h3-5,7-10,12,14-15,17-20,22,24-35,45,50H,6,11,13,16,21,23H2,1-2H3. The third-order valence-electron chi connectivity index (χ3n) is 14.7. The summed E-state index contributed by atoms with van der Waals surface area (Å²) < 4.78 is 0. The first kappa shape index (κ1) is 33.2. The predicted molar refractivity (Wildman–Crippen MR) is 239 cm³/mol. The van der Waals surface area contributed by atoms with E-state index < -0.39 is 0 Å². The van der Waals surface area contributed by atoms with Crippen LogP contribution in [0.2, 0.25) is 0 Å². The van der Waals surface area contributed by atoms with Crippen LogP contribution < -0.4 is 4.90 Å². The minimum Gasteiger partial charge on any atom is -0.310 e. The highest BCUT2D eigenvalue weighted by atomic mass is 15.1. The normalized spacial score (nSPS) is 22.4. The average Bonchev–Trinajstić information content (AvgIpc) is 3.83. The van der Waals surface area contributed by atoms with Crippen LogP contribution in [0.3, 0.4) is 0 Å². The lowest BCUT2D eigenvalue weighted by molar-refractivity contribution is 0.351. The zero-order chi connectivity index (χ0) is 37.9. The van der Waals surface area contributed by atoms with Crippen molar-refractivity contribution in [2.24, 2.45) is 5.92 Å². The molecule has 1 heteroatoms. The van der Waals surface area contributed by atoms with E-state index in [4.69, 9.17) is 0 Å². The summed E-state index contributed by atoms with van der Waals surface area (Å²) in [5.41, 5.74) is 23.6. The fourth-order valence-corrected chi connectivity index (χ4v) is 12.2. The summed E-state index contributed by atoms with van der Waals surface area (Å²) in [6, 6.07) is 49.2. The van der Waals surface area contributed by atoms with Crippen LogP contribution in [0.1, 0.15) is 96.4 Å². The Labute approximate surface area is 337 Å². The molecule has 6 aliphatic carbocycles. The zero-order valence-electron chi connectivity index (χ0n) is 32.9. The van der Waals surface area contributed by atoms with E-state index in [1.54, 1.807) is 5.57 Å². The van der Waals surface area contributed by atoms with Gasteiger partial charge < -0.3 is 4.90 Å². The molecule has 1 spiro atoms. The van der Waals surface area contributed by atoms with E-state index in [0.29, 0.717) is 11.8 Å². The Kier molecular flexibility index (Phi) is 7.17. The highest BCUT2D eigenvalue weighted by Gasteiger charge is 2.58. The second-order valence-corrected chi connectivity index (χ2v) is 17.7. The third kappa shape index (κ3) is 4.57. The number of rotatable bonds is 4. The van der Waals surface area contributed by atoms with E-state index in [0.717, 1.165) is 32.1 Å². The van der Waals surface area contributed by atoms with Gasteiger partial charge in [-0.15, -0.1) is 0 Å². The molecule has 1 nitrogen and oxygen atoms in total. The molecule has 0 N–H and O–H groups in total. The Balaban J connectivity index is 1.09. The number of aryl methyl sites for hydroxylation is 1. The quantitative estimate of drug-likeness (QED) is 0.163. The summed E-state index contributed by atoms with van der Waals surface area (Å²) in [6.07, 6.45) is 21.4. The van der Waals surface area contributed by atoms with Gasteiger partial charge in [-0.3, -0.25) is 0 Å². The van der Waals surface area contributed by atoms with Crippen molar-refractivity contribution < 1.29 is 0 Å². The number of allylic oxidation sites excluding steroid dienone is 7. The van der Waals surface area contributed by atoms with Crippen LogP contribution in [0, 0.1) is 5.92 Å². The van der Waals surface area contributed by atoms with Gasteiger partial charge in [-0.1, -0.05) is 147 Å². The van der Waals surface area contributed by atoms with Crippen molar-refractivity contribution in [2.75, 3.05) is 4.90 Å². The largest absolute Gasteiger partial charge is 0.310 e. The van der Waals surface area contributed by atoms with Crippen LogP contribution in [0.4, 0.5) is 17.1 Å². The Morgan fingerprint density at radius 1 is 0.561 bits per heavy atom. The smallest absolute Gasteiger partial charge is 0.0503 e. The molecule has 0 radical (unpaired) electrons. The molecule has 0 heterocycles. The summed E-state index contributed by atoms with van der Waals surface area (Å²) in [5, 5.41) is 0. The van der Waals surface area contributed by atoms with Gasteiger partial charge in [0.25, 0.3) is 0 Å². The summed E-state index contributed by atoms with van der Waals surface area (Å²) >= 11 is 0. The maximum Gasteiger partial charge on any atom is 0.0503 e. The minimum atomic E-state index is -0.173.